The molecule has 1 aliphatic heterocycles. The van der Waals surface area contributed by atoms with E-state index in [0.29, 0.717) is 0 Å². The zero-order valence-electron chi connectivity index (χ0n) is 15.2. The van der Waals surface area contributed by atoms with Crippen molar-refractivity contribution in [1.82, 2.24) is 9.80 Å². The largest absolute Gasteiger partial charge is 0.481 e. The Morgan fingerprint density at radius 1 is 0.964 bits per heavy atom. The lowest BCUT2D eigenvalue weighted by Gasteiger charge is -2.30. The fourth-order valence-corrected chi connectivity index (χ4v) is 3.91. The van der Waals surface area contributed by atoms with Crippen LogP contribution >= 0.6 is 0 Å². The minimum absolute atomic E-state index is 0.0605. The summed E-state index contributed by atoms with van der Waals surface area (Å²) in [6.45, 7) is 0.407. The molecule has 0 bridgehead atoms. The molecule has 2 aliphatic rings. The second kappa shape index (κ2) is 6.96. The van der Waals surface area contributed by atoms with Gasteiger partial charge in [0.25, 0.3) is 5.91 Å². The smallest absolute Gasteiger partial charge is 0.328 e. The molecular weight excluding hydrogens is 356 g/mol. The highest BCUT2D eigenvalue weighted by molar-refractivity contribution is 6.09. The third kappa shape index (κ3) is 2.97. The zero-order chi connectivity index (χ0) is 19.7. The molecule has 0 saturated carbocycles. The van der Waals surface area contributed by atoms with Gasteiger partial charge in [-0.2, -0.15) is 0 Å². The first-order valence-electron chi connectivity index (χ1n) is 9.15. The zero-order valence-corrected chi connectivity index (χ0v) is 15.2. The maximum atomic E-state index is 13.3. The lowest BCUT2D eigenvalue weighted by Crippen LogP contribution is -2.47. The van der Waals surface area contributed by atoms with Gasteiger partial charge in [0.1, 0.15) is 5.54 Å². The molecule has 1 heterocycles. The summed E-state index contributed by atoms with van der Waals surface area (Å²) in [6.07, 6.45) is 3.18. The van der Waals surface area contributed by atoms with Crippen LogP contribution in [0.15, 0.2) is 72.8 Å². The fraction of sp³-hybridized carbons (Fsp3) is 0.227. The van der Waals surface area contributed by atoms with Crippen LogP contribution in [0, 0.1) is 5.92 Å². The highest BCUT2D eigenvalue weighted by Gasteiger charge is 2.58. The highest BCUT2D eigenvalue weighted by atomic mass is 16.4. The number of carbonyl (C=O) groups is 3. The number of aliphatic carboxylic acids is 1. The highest BCUT2D eigenvalue weighted by Crippen LogP contribution is 2.41. The van der Waals surface area contributed by atoms with E-state index in [4.69, 9.17) is 0 Å². The first-order chi connectivity index (χ1) is 13.5. The standard InChI is InChI=1S/C22H20N2O4/c25-19(26)18-11-12-22(13-18)20(27)23(14-16-7-3-1-4-8-16)21(28)24(22)15-17-9-5-2-6-10-17/h1-12,18H,13-15H2,(H,25,26)/t18-,22+/m1/s1. The number of benzene rings is 2. The van der Waals surface area contributed by atoms with Crippen LogP contribution in [0.5, 0.6) is 0 Å². The van der Waals surface area contributed by atoms with E-state index in [1.165, 1.54) is 15.9 Å². The Labute approximate surface area is 162 Å². The van der Waals surface area contributed by atoms with Gasteiger partial charge in [0, 0.05) is 13.0 Å². The third-order valence-corrected chi connectivity index (χ3v) is 5.38. The summed E-state index contributed by atoms with van der Waals surface area (Å²) in [5.74, 6) is -2.14. The van der Waals surface area contributed by atoms with Gasteiger partial charge in [-0.3, -0.25) is 14.5 Å². The Kier molecular flexibility index (Phi) is 4.47. The van der Waals surface area contributed by atoms with Crippen LogP contribution in [0.4, 0.5) is 4.79 Å². The van der Waals surface area contributed by atoms with E-state index in [9.17, 15) is 19.5 Å². The van der Waals surface area contributed by atoms with Gasteiger partial charge in [-0.1, -0.05) is 72.8 Å². The lowest BCUT2D eigenvalue weighted by molar-refractivity contribution is -0.141. The average Bonchev–Trinajstić information content (AvgIpc) is 3.23. The molecule has 0 radical (unpaired) electrons. The van der Waals surface area contributed by atoms with Crippen LogP contribution < -0.4 is 0 Å². The fourth-order valence-electron chi connectivity index (χ4n) is 3.91. The van der Waals surface area contributed by atoms with Crippen molar-refractivity contribution in [1.29, 1.82) is 0 Å². The molecule has 1 fully saturated rings. The summed E-state index contributed by atoms with van der Waals surface area (Å²) in [7, 11) is 0. The van der Waals surface area contributed by atoms with Crippen molar-refractivity contribution < 1.29 is 19.5 Å². The van der Waals surface area contributed by atoms with E-state index in [-0.39, 0.29) is 25.4 Å². The van der Waals surface area contributed by atoms with Crippen LogP contribution in [0.3, 0.4) is 0 Å². The van der Waals surface area contributed by atoms with Gasteiger partial charge in [0.05, 0.1) is 12.5 Å². The summed E-state index contributed by atoms with van der Waals surface area (Å²) < 4.78 is 0. The van der Waals surface area contributed by atoms with Crippen molar-refractivity contribution >= 4 is 17.9 Å². The van der Waals surface area contributed by atoms with E-state index in [2.05, 4.69) is 0 Å². The molecule has 1 saturated heterocycles. The molecule has 142 valence electrons. The molecule has 2 aromatic rings. The molecule has 2 atom stereocenters. The van der Waals surface area contributed by atoms with Crippen molar-refractivity contribution in [2.75, 3.05) is 0 Å². The number of imide groups is 1. The second-order valence-corrected chi connectivity index (χ2v) is 7.16. The number of urea groups is 1. The second-order valence-electron chi connectivity index (χ2n) is 7.16. The van der Waals surface area contributed by atoms with Gasteiger partial charge in [-0.25, -0.2) is 4.79 Å². The molecule has 2 aromatic carbocycles. The quantitative estimate of drug-likeness (QED) is 0.643. The molecule has 0 unspecified atom stereocenters. The van der Waals surface area contributed by atoms with Crippen LogP contribution in [-0.2, 0) is 22.7 Å². The number of hydrogen-bond donors (Lipinski definition) is 1. The summed E-state index contributed by atoms with van der Waals surface area (Å²) in [5, 5.41) is 9.41. The molecule has 0 aromatic heterocycles. The first kappa shape index (κ1) is 18.0. The number of amides is 3. The molecule has 1 N–H and O–H groups in total. The predicted octanol–water partition coefficient (Wildman–Crippen LogP) is 3.05. The molecule has 1 aliphatic carbocycles. The molecule has 28 heavy (non-hydrogen) atoms. The van der Waals surface area contributed by atoms with Crippen LogP contribution in [0.25, 0.3) is 0 Å². The van der Waals surface area contributed by atoms with Gasteiger partial charge in [-0.05, 0) is 11.1 Å². The Morgan fingerprint density at radius 2 is 1.54 bits per heavy atom. The monoisotopic (exact) mass is 376 g/mol. The van der Waals surface area contributed by atoms with Crippen molar-refractivity contribution in [2.45, 2.75) is 25.0 Å². The Morgan fingerprint density at radius 3 is 2.07 bits per heavy atom. The number of nitrogens with zero attached hydrogens (tertiary/aromatic N) is 2. The van der Waals surface area contributed by atoms with Gasteiger partial charge in [0.15, 0.2) is 0 Å². The summed E-state index contributed by atoms with van der Waals surface area (Å²) in [4.78, 5) is 40.8. The molecule has 4 rings (SSSR count). The summed E-state index contributed by atoms with van der Waals surface area (Å²) in [6, 6.07) is 18.3. The van der Waals surface area contributed by atoms with Crippen molar-refractivity contribution in [2.24, 2.45) is 5.92 Å². The van der Waals surface area contributed by atoms with E-state index >= 15 is 0 Å². The van der Waals surface area contributed by atoms with Crippen molar-refractivity contribution in [3.63, 3.8) is 0 Å². The molecule has 6 nitrogen and oxygen atoms in total. The first-order valence-corrected chi connectivity index (χ1v) is 9.15. The van der Waals surface area contributed by atoms with Crippen molar-refractivity contribution in [3.05, 3.63) is 83.9 Å². The summed E-state index contributed by atoms with van der Waals surface area (Å²) >= 11 is 0. The van der Waals surface area contributed by atoms with E-state index in [0.717, 1.165) is 11.1 Å². The predicted molar refractivity (Wildman–Crippen MR) is 102 cm³/mol. The summed E-state index contributed by atoms with van der Waals surface area (Å²) in [5.41, 5.74) is 0.486. The van der Waals surface area contributed by atoms with Crippen LogP contribution in [-0.4, -0.2) is 38.4 Å². The number of carboxylic acid groups (broad SMARTS) is 1. The molecular formula is C22H20N2O4. The van der Waals surface area contributed by atoms with E-state index < -0.39 is 23.5 Å². The van der Waals surface area contributed by atoms with Gasteiger partial charge in [0.2, 0.25) is 0 Å². The number of hydrogen-bond acceptors (Lipinski definition) is 3. The Balaban J connectivity index is 1.69. The molecule has 3 amide bonds. The SMILES string of the molecule is O=C(O)[C@@H]1C=C[C@]2(C1)C(=O)N(Cc1ccccc1)C(=O)N2Cc1ccccc1. The maximum Gasteiger partial charge on any atom is 0.328 e. The third-order valence-electron chi connectivity index (χ3n) is 5.38. The average molecular weight is 376 g/mol. The number of rotatable bonds is 5. The Bertz CT molecular complexity index is 942. The van der Waals surface area contributed by atoms with Gasteiger partial charge >= 0.3 is 12.0 Å². The normalized spacial score (nSPS) is 23.8. The topological polar surface area (TPSA) is 77.9 Å². The van der Waals surface area contributed by atoms with E-state index in [1.54, 1.807) is 6.08 Å². The van der Waals surface area contributed by atoms with E-state index in [1.807, 2.05) is 60.7 Å². The molecule has 6 heteroatoms. The van der Waals surface area contributed by atoms with Crippen LogP contribution in [0.2, 0.25) is 0 Å². The van der Waals surface area contributed by atoms with Crippen LogP contribution in [0.1, 0.15) is 17.5 Å². The molecule has 1 spiro atoms. The number of carboxylic acids is 1. The lowest BCUT2D eigenvalue weighted by atomic mass is 9.92. The maximum absolute atomic E-state index is 13.3. The van der Waals surface area contributed by atoms with Gasteiger partial charge in [-0.15, -0.1) is 0 Å². The Hall–Kier alpha value is -3.41. The van der Waals surface area contributed by atoms with Crippen molar-refractivity contribution in [3.8, 4) is 0 Å². The van der Waals surface area contributed by atoms with Gasteiger partial charge < -0.3 is 10.0 Å². The minimum atomic E-state index is -1.25. The number of carbonyl (C=O) groups excluding carboxylic acids is 2. The minimum Gasteiger partial charge on any atom is -0.481 e.